The predicted octanol–water partition coefficient (Wildman–Crippen LogP) is 4.14. The Morgan fingerprint density at radius 2 is 2.07 bits per heavy atom. The zero-order chi connectivity index (χ0) is 20.2. The van der Waals surface area contributed by atoms with Gasteiger partial charge >= 0.3 is 0 Å². The number of hydrogen-bond acceptors (Lipinski definition) is 5. The van der Waals surface area contributed by atoms with Crippen LogP contribution in [0.5, 0.6) is 11.5 Å². The molecule has 5 nitrogen and oxygen atoms in total. The van der Waals surface area contributed by atoms with E-state index in [9.17, 15) is 4.79 Å². The van der Waals surface area contributed by atoms with Crippen LogP contribution in [0.15, 0.2) is 36.4 Å². The molecule has 2 aromatic rings. The third kappa shape index (κ3) is 4.64. The van der Waals surface area contributed by atoms with Gasteiger partial charge < -0.3 is 19.7 Å². The number of benzene rings is 2. The molecule has 1 unspecified atom stereocenters. The molecule has 4 rings (SSSR count). The fourth-order valence-corrected chi connectivity index (χ4v) is 4.84. The molecule has 0 bridgehead atoms. The number of amides is 1. The van der Waals surface area contributed by atoms with Crippen LogP contribution in [-0.2, 0) is 11.2 Å². The Balaban J connectivity index is 1.41. The molecule has 1 N–H and O–H groups in total. The third-order valence-electron chi connectivity index (χ3n) is 5.44. The highest BCUT2D eigenvalue weighted by molar-refractivity contribution is 7.99. The van der Waals surface area contributed by atoms with Crippen LogP contribution in [0, 0.1) is 12.8 Å². The first-order valence-corrected chi connectivity index (χ1v) is 11.4. The summed E-state index contributed by atoms with van der Waals surface area (Å²) in [6, 6.07) is 12.0. The summed E-state index contributed by atoms with van der Waals surface area (Å²) < 4.78 is 11.4. The Kier molecular flexibility index (Phi) is 6.19. The van der Waals surface area contributed by atoms with Crippen LogP contribution in [-0.4, -0.2) is 43.7 Å². The fraction of sp³-hybridized carbons (Fsp3) is 0.435. The molecule has 6 heteroatoms. The van der Waals surface area contributed by atoms with Gasteiger partial charge in [-0.25, -0.2) is 0 Å². The highest BCUT2D eigenvalue weighted by Gasteiger charge is 2.26. The maximum Gasteiger partial charge on any atom is 0.231 e. The van der Waals surface area contributed by atoms with Crippen LogP contribution in [0.3, 0.4) is 0 Å². The number of nitrogens with one attached hydrogen (secondary N) is 1. The lowest BCUT2D eigenvalue weighted by Gasteiger charge is -2.30. The standard InChI is InChI=1S/C23H28N2O3S/c1-3-27-20-5-7-22-17(14-20)13-18(15-28-22)23(26)24-19-4-6-21(16(2)12-19)25-8-10-29-11-9-25/h4-7,12,14,18H,3,8-11,13,15H2,1-2H3,(H,24,26). The van der Waals surface area contributed by atoms with E-state index < -0.39 is 0 Å². The third-order valence-corrected chi connectivity index (χ3v) is 6.38. The lowest BCUT2D eigenvalue weighted by Crippen LogP contribution is -2.33. The molecule has 1 fully saturated rings. The Morgan fingerprint density at radius 1 is 1.24 bits per heavy atom. The first-order valence-electron chi connectivity index (χ1n) is 10.3. The van der Waals surface area contributed by atoms with E-state index >= 15 is 0 Å². The number of hydrogen-bond donors (Lipinski definition) is 1. The number of anilines is 2. The minimum absolute atomic E-state index is 0.000939. The largest absolute Gasteiger partial charge is 0.494 e. The van der Waals surface area contributed by atoms with Crippen molar-refractivity contribution in [1.82, 2.24) is 0 Å². The molecule has 0 radical (unpaired) electrons. The SMILES string of the molecule is CCOc1ccc2c(c1)CC(C(=O)Nc1ccc(N3CCSCC3)c(C)c1)CO2. The van der Waals surface area contributed by atoms with Gasteiger partial charge in [0, 0.05) is 36.0 Å². The normalized spacial score (nSPS) is 18.6. The van der Waals surface area contributed by atoms with Crippen LogP contribution in [0.4, 0.5) is 11.4 Å². The zero-order valence-electron chi connectivity index (χ0n) is 17.1. The number of carbonyl (C=O) groups is 1. The van der Waals surface area contributed by atoms with Gasteiger partial charge in [0.05, 0.1) is 12.5 Å². The van der Waals surface area contributed by atoms with E-state index in [0.29, 0.717) is 19.6 Å². The molecule has 0 aliphatic carbocycles. The van der Waals surface area contributed by atoms with Crippen LogP contribution in [0.25, 0.3) is 0 Å². The molecule has 1 amide bonds. The molecule has 2 heterocycles. The van der Waals surface area contributed by atoms with Crippen LogP contribution >= 0.6 is 11.8 Å². The number of carbonyl (C=O) groups excluding carboxylic acids is 1. The van der Waals surface area contributed by atoms with Gasteiger partial charge in [-0.2, -0.15) is 11.8 Å². The van der Waals surface area contributed by atoms with Gasteiger partial charge in [-0.3, -0.25) is 4.79 Å². The van der Waals surface area contributed by atoms with Crippen molar-refractivity contribution < 1.29 is 14.3 Å². The zero-order valence-corrected chi connectivity index (χ0v) is 17.9. The lowest BCUT2D eigenvalue weighted by molar-refractivity contribution is -0.121. The van der Waals surface area contributed by atoms with Crippen LogP contribution < -0.4 is 19.7 Å². The van der Waals surface area contributed by atoms with Crippen molar-refractivity contribution >= 4 is 29.0 Å². The second-order valence-electron chi connectivity index (χ2n) is 7.50. The Morgan fingerprint density at radius 3 is 2.83 bits per heavy atom. The van der Waals surface area contributed by atoms with E-state index in [1.807, 2.05) is 43.0 Å². The van der Waals surface area contributed by atoms with Crippen LogP contribution in [0.1, 0.15) is 18.1 Å². The van der Waals surface area contributed by atoms with Crippen molar-refractivity contribution in [2.24, 2.45) is 5.92 Å². The van der Waals surface area contributed by atoms with Gasteiger partial charge in [0.25, 0.3) is 0 Å². The number of thioether (sulfide) groups is 1. The molecule has 0 saturated carbocycles. The van der Waals surface area contributed by atoms with E-state index in [1.54, 1.807) is 0 Å². The molecule has 2 aromatic carbocycles. The molecule has 154 valence electrons. The summed E-state index contributed by atoms with van der Waals surface area (Å²) in [4.78, 5) is 15.3. The number of rotatable bonds is 5. The molecule has 1 atom stereocenters. The smallest absolute Gasteiger partial charge is 0.231 e. The Bertz CT molecular complexity index is 880. The van der Waals surface area contributed by atoms with E-state index in [2.05, 4.69) is 29.3 Å². The second-order valence-corrected chi connectivity index (χ2v) is 8.73. The summed E-state index contributed by atoms with van der Waals surface area (Å²) in [6.45, 7) is 7.26. The topological polar surface area (TPSA) is 50.8 Å². The van der Waals surface area contributed by atoms with Gasteiger partial charge in [0.2, 0.25) is 5.91 Å². The summed E-state index contributed by atoms with van der Waals surface area (Å²) in [6.07, 6.45) is 0.657. The van der Waals surface area contributed by atoms with Gasteiger partial charge in [-0.1, -0.05) is 0 Å². The first-order chi connectivity index (χ1) is 14.1. The quantitative estimate of drug-likeness (QED) is 0.800. The minimum atomic E-state index is -0.210. The highest BCUT2D eigenvalue weighted by Crippen LogP contribution is 2.32. The summed E-state index contributed by atoms with van der Waals surface area (Å²) in [5.74, 6) is 3.80. The summed E-state index contributed by atoms with van der Waals surface area (Å²) in [7, 11) is 0. The van der Waals surface area contributed by atoms with E-state index in [4.69, 9.17) is 9.47 Å². The molecule has 0 aromatic heterocycles. The average Bonchev–Trinajstić information content (AvgIpc) is 2.74. The molecular weight excluding hydrogens is 384 g/mol. The van der Waals surface area contributed by atoms with Crippen molar-refractivity contribution in [3.05, 3.63) is 47.5 Å². The molecule has 0 spiro atoms. The van der Waals surface area contributed by atoms with Gasteiger partial charge in [0.1, 0.15) is 18.1 Å². The highest BCUT2D eigenvalue weighted by atomic mass is 32.2. The number of aryl methyl sites for hydroxylation is 1. The van der Waals surface area contributed by atoms with Gasteiger partial charge in [-0.15, -0.1) is 0 Å². The van der Waals surface area contributed by atoms with E-state index in [0.717, 1.165) is 35.8 Å². The van der Waals surface area contributed by atoms with E-state index in [1.165, 1.54) is 22.8 Å². The molecule has 29 heavy (non-hydrogen) atoms. The van der Waals surface area contributed by atoms with E-state index in [-0.39, 0.29) is 11.8 Å². The van der Waals surface area contributed by atoms with Crippen molar-refractivity contribution in [1.29, 1.82) is 0 Å². The number of ether oxygens (including phenoxy) is 2. The molecule has 1 saturated heterocycles. The van der Waals surface area contributed by atoms with Crippen LogP contribution in [0.2, 0.25) is 0 Å². The monoisotopic (exact) mass is 412 g/mol. The summed E-state index contributed by atoms with van der Waals surface area (Å²) in [5, 5.41) is 3.08. The Hall–Kier alpha value is -2.34. The maximum absolute atomic E-state index is 12.9. The lowest BCUT2D eigenvalue weighted by atomic mass is 9.95. The molecule has 2 aliphatic rings. The van der Waals surface area contributed by atoms with Crippen molar-refractivity contribution in [2.45, 2.75) is 20.3 Å². The Labute approximate surface area is 176 Å². The summed E-state index contributed by atoms with van der Waals surface area (Å²) >= 11 is 2.01. The van der Waals surface area contributed by atoms with Crippen molar-refractivity contribution in [3.8, 4) is 11.5 Å². The molecule has 2 aliphatic heterocycles. The summed E-state index contributed by atoms with van der Waals surface area (Å²) in [5.41, 5.74) is 4.33. The second kappa shape index (κ2) is 8.99. The minimum Gasteiger partial charge on any atom is -0.494 e. The van der Waals surface area contributed by atoms with Crippen molar-refractivity contribution in [2.75, 3.05) is 48.0 Å². The fourth-order valence-electron chi connectivity index (χ4n) is 3.93. The van der Waals surface area contributed by atoms with Crippen molar-refractivity contribution in [3.63, 3.8) is 0 Å². The van der Waals surface area contributed by atoms with Gasteiger partial charge in [0.15, 0.2) is 0 Å². The van der Waals surface area contributed by atoms with Gasteiger partial charge in [-0.05, 0) is 67.8 Å². The number of nitrogens with zero attached hydrogens (tertiary/aromatic N) is 1. The number of fused-ring (bicyclic) bond motifs is 1. The molecular formula is C23H28N2O3S. The predicted molar refractivity (Wildman–Crippen MR) is 120 cm³/mol. The average molecular weight is 413 g/mol. The first kappa shape index (κ1) is 20.0. The maximum atomic E-state index is 12.9.